The topological polar surface area (TPSA) is 62.5 Å². The molecule has 7 heteroatoms. The monoisotopic (exact) mass is 400 g/mol. The maximum Gasteiger partial charge on any atom is 0.241 e. The van der Waals surface area contributed by atoms with Crippen LogP contribution >= 0.6 is 0 Å². The highest BCUT2D eigenvalue weighted by atomic mass is 19.1. The van der Waals surface area contributed by atoms with Crippen molar-refractivity contribution < 1.29 is 13.7 Å². The molecule has 2 heterocycles. The first-order chi connectivity index (χ1) is 14.2. The maximum absolute atomic E-state index is 13.4. The molecule has 1 aliphatic heterocycles. The van der Waals surface area contributed by atoms with Gasteiger partial charge in [-0.3, -0.25) is 9.69 Å². The van der Waals surface area contributed by atoms with Gasteiger partial charge in [-0.15, -0.1) is 0 Å². The van der Waals surface area contributed by atoms with Crippen molar-refractivity contribution in [3.63, 3.8) is 0 Å². The summed E-state index contributed by atoms with van der Waals surface area (Å²) in [5, 5.41) is 3.98. The normalized spacial score (nSPS) is 19.3. The van der Waals surface area contributed by atoms with Crippen LogP contribution in [0.2, 0.25) is 0 Å². The van der Waals surface area contributed by atoms with Crippen LogP contribution in [0.4, 0.5) is 4.39 Å². The standard InChI is InChI=1S/C22H29FN4O2/c23-19-9-4-8-18(15-19)22-24-20(29-25-22)16-26-10-5-11-27(13-12-26)21(28)14-17-6-2-1-3-7-17/h4,8-9,15,17H,1-3,5-7,10-14,16H2. The second kappa shape index (κ2) is 9.48. The fourth-order valence-electron chi connectivity index (χ4n) is 4.40. The molecular weight excluding hydrogens is 371 g/mol. The van der Waals surface area contributed by atoms with Gasteiger partial charge in [0.2, 0.25) is 17.6 Å². The maximum atomic E-state index is 13.4. The molecule has 1 saturated heterocycles. The van der Waals surface area contributed by atoms with Crippen LogP contribution in [-0.2, 0) is 11.3 Å². The molecule has 2 aromatic rings. The summed E-state index contributed by atoms with van der Waals surface area (Å²) < 4.78 is 18.8. The van der Waals surface area contributed by atoms with Gasteiger partial charge in [0.1, 0.15) is 5.82 Å². The van der Waals surface area contributed by atoms with Gasteiger partial charge in [-0.1, -0.05) is 36.6 Å². The van der Waals surface area contributed by atoms with Gasteiger partial charge >= 0.3 is 0 Å². The highest BCUT2D eigenvalue weighted by Gasteiger charge is 2.24. The number of hydrogen-bond donors (Lipinski definition) is 0. The van der Waals surface area contributed by atoms with Gasteiger partial charge in [0, 0.05) is 38.2 Å². The number of rotatable bonds is 5. The van der Waals surface area contributed by atoms with Gasteiger partial charge < -0.3 is 9.42 Å². The van der Waals surface area contributed by atoms with E-state index in [-0.39, 0.29) is 5.82 Å². The number of amides is 1. The smallest absolute Gasteiger partial charge is 0.241 e. The Kier molecular flexibility index (Phi) is 6.54. The summed E-state index contributed by atoms with van der Waals surface area (Å²) in [5.41, 5.74) is 0.607. The summed E-state index contributed by atoms with van der Waals surface area (Å²) in [4.78, 5) is 21.4. The number of carbonyl (C=O) groups is 1. The molecule has 4 rings (SSSR count). The molecule has 1 aromatic carbocycles. The van der Waals surface area contributed by atoms with Crippen LogP contribution in [0, 0.1) is 11.7 Å². The molecular formula is C22H29FN4O2. The predicted octanol–water partition coefficient (Wildman–Crippen LogP) is 3.88. The molecule has 6 nitrogen and oxygen atoms in total. The van der Waals surface area contributed by atoms with Crippen molar-refractivity contribution in [1.82, 2.24) is 19.9 Å². The molecule has 2 aliphatic rings. The number of benzene rings is 1. The Morgan fingerprint density at radius 2 is 1.97 bits per heavy atom. The van der Waals surface area contributed by atoms with Crippen LogP contribution in [0.15, 0.2) is 28.8 Å². The first-order valence-corrected chi connectivity index (χ1v) is 10.8. The van der Waals surface area contributed by atoms with E-state index in [0.717, 1.165) is 32.6 Å². The summed E-state index contributed by atoms with van der Waals surface area (Å²) in [7, 11) is 0. The molecule has 29 heavy (non-hydrogen) atoms. The van der Waals surface area contributed by atoms with E-state index in [2.05, 4.69) is 15.0 Å². The van der Waals surface area contributed by atoms with E-state index in [9.17, 15) is 9.18 Å². The van der Waals surface area contributed by atoms with Gasteiger partial charge in [0.05, 0.1) is 6.54 Å². The zero-order valence-corrected chi connectivity index (χ0v) is 16.9. The molecule has 1 saturated carbocycles. The minimum Gasteiger partial charge on any atom is -0.341 e. The van der Waals surface area contributed by atoms with Crippen molar-refractivity contribution in [3.8, 4) is 11.4 Å². The number of aromatic nitrogens is 2. The lowest BCUT2D eigenvalue weighted by atomic mass is 9.86. The average molecular weight is 400 g/mol. The molecule has 1 amide bonds. The quantitative estimate of drug-likeness (QED) is 0.762. The summed E-state index contributed by atoms with van der Waals surface area (Å²) in [5.74, 6) is 1.49. The fraction of sp³-hybridized carbons (Fsp3) is 0.591. The van der Waals surface area contributed by atoms with Gasteiger partial charge in [-0.05, 0) is 37.3 Å². The third kappa shape index (κ3) is 5.41. The second-order valence-corrected chi connectivity index (χ2v) is 8.24. The summed E-state index contributed by atoms with van der Waals surface area (Å²) in [6, 6.07) is 6.19. The number of carbonyl (C=O) groups excluding carboxylic acids is 1. The Labute approximate surface area is 171 Å². The molecule has 0 unspecified atom stereocenters. The van der Waals surface area contributed by atoms with Crippen LogP contribution in [0.3, 0.4) is 0 Å². The van der Waals surface area contributed by atoms with Crippen molar-refractivity contribution >= 4 is 5.91 Å². The molecule has 156 valence electrons. The average Bonchev–Trinajstić information content (AvgIpc) is 3.06. The Bertz CT molecular complexity index is 819. The summed E-state index contributed by atoms with van der Waals surface area (Å²) >= 11 is 0. The lowest BCUT2D eigenvalue weighted by Gasteiger charge is -2.26. The van der Waals surface area contributed by atoms with Crippen LogP contribution in [0.1, 0.15) is 50.8 Å². The van der Waals surface area contributed by atoms with Gasteiger partial charge in [0.25, 0.3) is 0 Å². The van der Waals surface area contributed by atoms with Crippen molar-refractivity contribution in [2.45, 2.75) is 51.5 Å². The van der Waals surface area contributed by atoms with E-state index >= 15 is 0 Å². The van der Waals surface area contributed by atoms with E-state index in [1.165, 1.54) is 44.2 Å². The van der Waals surface area contributed by atoms with E-state index in [0.29, 0.717) is 42.1 Å². The van der Waals surface area contributed by atoms with Crippen LogP contribution in [-0.4, -0.2) is 52.0 Å². The minimum atomic E-state index is -0.320. The van der Waals surface area contributed by atoms with Crippen molar-refractivity contribution in [1.29, 1.82) is 0 Å². The first-order valence-electron chi connectivity index (χ1n) is 10.8. The van der Waals surface area contributed by atoms with Gasteiger partial charge in [-0.2, -0.15) is 4.98 Å². The minimum absolute atomic E-state index is 0.310. The summed E-state index contributed by atoms with van der Waals surface area (Å²) in [6.07, 6.45) is 7.93. The second-order valence-electron chi connectivity index (χ2n) is 8.24. The van der Waals surface area contributed by atoms with E-state index < -0.39 is 0 Å². The lowest BCUT2D eigenvalue weighted by molar-refractivity contribution is -0.132. The van der Waals surface area contributed by atoms with Crippen LogP contribution in [0.25, 0.3) is 11.4 Å². The first kappa shape index (κ1) is 20.0. The highest BCUT2D eigenvalue weighted by molar-refractivity contribution is 5.76. The Morgan fingerprint density at radius 3 is 2.79 bits per heavy atom. The molecule has 2 fully saturated rings. The lowest BCUT2D eigenvalue weighted by Crippen LogP contribution is -2.36. The Balaban J connectivity index is 1.29. The Morgan fingerprint density at radius 1 is 1.10 bits per heavy atom. The molecule has 1 aromatic heterocycles. The van der Waals surface area contributed by atoms with Crippen molar-refractivity contribution in [3.05, 3.63) is 36.0 Å². The van der Waals surface area contributed by atoms with Gasteiger partial charge in [-0.25, -0.2) is 4.39 Å². The van der Waals surface area contributed by atoms with E-state index in [1.54, 1.807) is 12.1 Å². The Hall–Kier alpha value is -2.28. The predicted molar refractivity (Wildman–Crippen MR) is 107 cm³/mol. The molecule has 0 radical (unpaired) electrons. The van der Waals surface area contributed by atoms with Gasteiger partial charge in [0.15, 0.2) is 0 Å². The largest absolute Gasteiger partial charge is 0.341 e. The molecule has 0 N–H and O–H groups in total. The van der Waals surface area contributed by atoms with Crippen molar-refractivity contribution in [2.75, 3.05) is 26.2 Å². The summed E-state index contributed by atoms with van der Waals surface area (Å²) in [6.45, 7) is 3.81. The molecule has 0 atom stereocenters. The van der Waals surface area contributed by atoms with Crippen LogP contribution < -0.4 is 0 Å². The number of nitrogens with zero attached hydrogens (tertiary/aromatic N) is 4. The van der Waals surface area contributed by atoms with Crippen LogP contribution in [0.5, 0.6) is 0 Å². The number of hydrogen-bond acceptors (Lipinski definition) is 5. The zero-order chi connectivity index (χ0) is 20.1. The van der Waals surface area contributed by atoms with Crippen molar-refractivity contribution in [2.24, 2.45) is 5.92 Å². The SMILES string of the molecule is O=C(CC1CCCCC1)N1CCCN(Cc2nc(-c3cccc(F)c3)no2)CC1. The fourth-order valence-corrected chi connectivity index (χ4v) is 4.40. The van der Waals surface area contributed by atoms with E-state index in [4.69, 9.17) is 4.52 Å². The zero-order valence-electron chi connectivity index (χ0n) is 16.9. The highest BCUT2D eigenvalue weighted by Crippen LogP contribution is 2.27. The molecule has 0 bridgehead atoms. The third-order valence-electron chi connectivity index (χ3n) is 6.04. The van der Waals surface area contributed by atoms with E-state index in [1.807, 2.05) is 4.90 Å². The third-order valence-corrected chi connectivity index (χ3v) is 6.04. The number of halogens is 1. The molecule has 1 aliphatic carbocycles. The molecule has 0 spiro atoms.